The molecule has 7 nitrogen and oxygen atoms in total. The van der Waals surface area contributed by atoms with Crippen LogP contribution in [0.25, 0.3) is 0 Å². The van der Waals surface area contributed by atoms with Crippen molar-refractivity contribution in [1.29, 1.82) is 0 Å². The minimum atomic E-state index is -0.480. The molecule has 0 amide bonds. The number of nitrogens with zero attached hydrogens (tertiary/aromatic N) is 3. The van der Waals surface area contributed by atoms with Crippen LogP contribution in [-0.2, 0) is 0 Å². The van der Waals surface area contributed by atoms with Gasteiger partial charge in [-0.3, -0.25) is 10.1 Å². The molecule has 2 heterocycles. The fourth-order valence-electron chi connectivity index (χ4n) is 2.20. The fourth-order valence-corrected chi connectivity index (χ4v) is 3.23. The molecule has 1 atom stereocenters. The van der Waals surface area contributed by atoms with Crippen LogP contribution < -0.4 is 10.6 Å². The number of rotatable bonds is 5. The van der Waals surface area contributed by atoms with Gasteiger partial charge in [-0.2, -0.15) is 0 Å². The van der Waals surface area contributed by atoms with Crippen molar-refractivity contribution >= 4 is 28.7 Å². The molecule has 0 aromatic carbocycles. The van der Waals surface area contributed by atoms with Crippen molar-refractivity contribution in [1.82, 2.24) is 9.97 Å². The van der Waals surface area contributed by atoms with Gasteiger partial charge in [0.2, 0.25) is 11.6 Å². The third-order valence-corrected chi connectivity index (χ3v) is 4.12. The van der Waals surface area contributed by atoms with Crippen molar-refractivity contribution < 1.29 is 4.92 Å². The largest absolute Gasteiger partial charge is 0.367 e. The van der Waals surface area contributed by atoms with Crippen molar-refractivity contribution in [2.24, 2.45) is 0 Å². The molecule has 1 unspecified atom stereocenters. The number of nitrogens with one attached hydrogen (secondary N) is 2. The second kappa shape index (κ2) is 6.04. The minimum Gasteiger partial charge on any atom is -0.367 e. The van der Waals surface area contributed by atoms with E-state index in [1.165, 1.54) is 16.1 Å². The first-order chi connectivity index (χ1) is 9.93. The van der Waals surface area contributed by atoms with Crippen LogP contribution in [-0.4, -0.2) is 21.9 Å². The molecule has 0 saturated heterocycles. The molecule has 21 heavy (non-hydrogen) atoms. The van der Waals surface area contributed by atoms with Crippen molar-refractivity contribution in [3.8, 4) is 0 Å². The van der Waals surface area contributed by atoms with E-state index in [1.54, 1.807) is 18.4 Å². The van der Waals surface area contributed by atoms with Crippen molar-refractivity contribution in [2.75, 3.05) is 17.7 Å². The minimum absolute atomic E-state index is 0.0757. The molecule has 8 heteroatoms. The molecule has 2 N–H and O–H groups in total. The predicted octanol–water partition coefficient (Wildman–Crippen LogP) is 3.28. The summed E-state index contributed by atoms with van der Waals surface area (Å²) in [7, 11) is 1.59. The zero-order valence-corrected chi connectivity index (χ0v) is 13.1. The zero-order chi connectivity index (χ0) is 15.6. The van der Waals surface area contributed by atoms with E-state index in [1.807, 2.05) is 20.8 Å². The van der Waals surface area contributed by atoms with Gasteiger partial charge in [0.15, 0.2) is 0 Å². The summed E-state index contributed by atoms with van der Waals surface area (Å²) >= 11 is 1.71. The molecule has 0 saturated carbocycles. The normalized spacial score (nSPS) is 12.0. The second-order valence-electron chi connectivity index (χ2n) is 4.66. The Morgan fingerprint density at radius 2 is 2.00 bits per heavy atom. The number of aromatic nitrogens is 2. The Morgan fingerprint density at radius 1 is 1.33 bits per heavy atom. The molecule has 0 bridgehead atoms. The summed E-state index contributed by atoms with van der Waals surface area (Å²) in [5, 5.41) is 17.1. The molecule has 2 rings (SSSR count). The van der Waals surface area contributed by atoms with E-state index >= 15 is 0 Å². The van der Waals surface area contributed by atoms with E-state index in [0.717, 1.165) is 5.56 Å². The molecule has 0 aliphatic rings. The van der Waals surface area contributed by atoms with Crippen LogP contribution in [0.3, 0.4) is 0 Å². The summed E-state index contributed by atoms with van der Waals surface area (Å²) in [6.07, 6.45) is 1.31. The van der Waals surface area contributed by atoms with Gasteiger partial charge in [-0.1, -0.05) is 0 Å². The highest BCUT2D eigenvalue weighted by molar-refractivity contribution is 7.12. The van der Waals surface area contributed by atoms with Crippen molar-refractivity contribution in [3.05, 3.63) is 37.8 Å². The fraction of sp³-hybridized carbons (Fsp3) is 0.385. The number of anilines is 2. The van der Waals surface area contributed by atoms with E-state index in [-0.39, 0.29) is 23.4 Å². The molecule has 112 valence electrons. The van der Waals surface area contributed by atoms with Gasteiger partial charge in [0, 0.05) is 16.8 Å². The van der Waals surface area contributed by atoms with Gasteiger partial charge >= 0.3 is 5.69 Å². The molecule has 0 radical (unpaired) electrons. The maximum Gasteiger partial charge on any atom is 0.353 e. The third-order valence-electron chi connectivity index (χ3n) is 3.14. The van der Waals surface area contributed by atoms with Gasteiger partial charge in [-0.05, 0) is 32.4 Å². The number of nitro groups is 1. The maximum atomic E-state index is 11.2. The molecule has 0 aliphatic carbocycles. The van der Waals surface area contributed by atoms with Crippen LogP contribution in [0, 0.1) is 24.0 Å². The quantitative estimate of drug-likeness (QED) is 0.650. The van der Waals surface area contributed by atoms with Gasteiger partial charge in [0.05, 0.1) is 11.0 Å². The molecule has 2 aromatic rings. The highest BCUT2D eigenvalue weighted by atomic mass is 32.1. The Balaban J connectivity index is 2.35. The average Bonchev–Trinajstić information content (AvgIpc) is 2.77. The van der Waals surface area contributed by atoms with Gasteiger partial charge in [0.25, 0.3) is 0 Å². The Morgan fingerprint density at radius 3 is 2.52 bits per heavy atom. The Hall–Kier alpha value is -2.22. The van der Waals surface area contributed by atoms with Crippen molar-refractivity contribution in [2.45, 2.75) is 26.8 Å². The smallest absolute Gasteiger partial charge is 0.353 e. The highest BCUT2D eigenvalue weighted by Crippen LogP contribution is 2.33. The summed E-state index contributed by atoms with van der Waals surface area (Å²) in [5.41, 5.74) is 0.980. The van der Waals surface area contributed by atoms with Crippen LogP contribution in [0.15, 0.2) is 12.4 Å². The molecular weight excluding hydrogens is 290 g/mol. The van der Waals surface area contributed by atoms with E-state index in [0.29, 0.717) is 0 Å². The summed E-state index contributed by atoms with van der Waals surface area (Å²) in [6, 6.07) is 2.01. The predicted molar refractivity (Wildman–Crippen MR) is 84.1 cm³/mol. The number of thiophene rings is 1. The molecular formula is C13H17N5O2S. The van der Waals surface area contributed by atoms with Crippen LogP contribution in [0.1, 0.15) is 28.3 Å². The topological polar surface area (TPSA) is 93.0 Å². The third kappa shape index (κ3) is 3.10. The first-order valence-corrected chi connectivity index (χ1v) is 7.26. The van der Waals surface area contributed by atoms with E-state index in [9.17, 15) is 10.1 Å². The first kappa shape index (κ1) is 15.2. The molecule has 0 spiro atoms. The summed E-state index contributed by atoms with van der Waals surface area (Å²) in [5.74, 6) is 0.415. The summed E-state index contributed by atoms with van der Waals surface area (Å²) < 4.78 is 0. The van der Waals surface area contributed by atoms with E-state index in [4.69, 9.17) is 0 Å². The van der Waals surface area contributed by atoms with Crippen LogP contribution in [0.4, 0.5) is 17.3 Å². The Bertz CT molecular complexity index is 671. The second-order valence-corrected chi connectivity index (χ2v) is 6.12. The standard InChI is InChI=1S/C13H17N5O2S/c1-7-5-10(9(3)21-7)8(2)17-13-11(18(19)20)12(14-4)15-6-16-13/h5-6,8H,1-4H3,(H2,14,15,16,17). The number of hydrogen-bond donors (Lipinski definition) is 2. The van der Waals surface area contributed by atoms with Crippen LogP contribution in [0.2, 0.25) is 0 Å². The van der Waals surface area contributed by atoms with Crippen molar-refractivity contribution in [3.63, 3.8) is 0 Å². The van der Waals surface area contributed by atoms with Gasteiger partial charge in [0.1, 0.15) is 6.33 Å². The number of hydrogen-bond acceptors (Lipinski definition) is 7. The SMILES string of the molecule is CNc1ncnc(NC(C)c2cc(C)sc2C)c1[N+](=O)[O-]. The molecule has 0 aliphatic heterocycles. The van der Waals surface area contributed by atoms with Crippen LogP contribution in [0.5, 0.6) is 0 Å². The molecule has 0 fully saturated rings. The van der Waals surface area contributed by atoms with Gasteiger partial charge < -0.3 is 10.6 Å². The van der Waals surface area contributed by atoms with E-state index in [2.05, 4.69) is 26.7 Å². The summed E-state index contributed by atoms with van der Waals surface area (Å²) in [6.45, 7) is 6.04. The van der Waals surface area contributed by atoms with Gasteiger partial charge in [-0.25, -0.2) is 9.97 Å². The Kier molecular flexibility index (Phi) is 4.37. The molecule has 2 aromatic heterocycles. The average molecular weight is 307 g/mol. The summed E-state index contributed by atoms with van der Waals surface area (Å²) in [4.78, 5) is 21.1. The first-order valence-electron chi connectivity index (χ1n) is 6.44. The number of aryl methyl sites for hydroxylation is 2. The zero-order valence-electron chi connectivity index (χ0n) is 12.3. The monoisotopic (exact) mass is 307 g/mol. The highest BCUT2D eigenvalue weighted by Gasteiger charge is 2.24. The van der Waals surface area contributed by atoms with Gasteiger partial charge in [-0.15, -0.1) is 11.3 Å². The lowest BCUT2D eigenvalue weighted by Gasteiger charge is -2.15. The lowest BCUT2D eigenvalue weighted by molar-refractivity contribution is -0.383. The lowest BCUT2D eigenvalue weighted by atomic mass is 10.1. The Labute approximate surface area is 126 Å². The van der Waals surface area contributed by atoms with E-state index < -0.39 is 4.92 Å². The van der Waals surface area contributed by atoms with Crippen LogP contribution >= 0.6 is 11.3 Å². The lowest BCUT2D eigenvalue weighted by Crippen LogP contribution is -2.12. The maximum absolute atomic E-state index is 11.2.